The topological polar surface area (TPSA) is 85.8 Å². The van der Waals surface area contributed by atoms with Crippen LogP contribution in [0.1, 0.15) is 19.8 Å². The molecule has 2 N–H and O–H groups in total. The highest BCUT2D eigenvalue weighted by atomic mass is 32.2. The first kappa shape index (κ1) is 20.4. The predicted octanol–water partition coefficient (Wildman–Crippen LogP) is 1.22. The lowest BCUT2D eigenvalue weighted by Crippen LogP contribution is -2.55. The van der Waals surface area contributed by atoms with Gasteiger partial charge >= 0.3 is 0 Å². The molecule has 2 fully saturated rings. The molecule has 2 unspecified atom stereocenters. The van der Waals surface area contributed by atoms with Crippen molar-refractivity contribution in [3.8, 4) is 0 Å². The Kier molecular flexibility index (Phi) is 5.72. The Hall–Kier alpha value is -1.36. The average Bonchev–Trinajstić information content (AvgIpc) is 2.59. The minimum atomic E-state index is -3.89. The van der Waals surface area contributed by atoms with Gasteiger partial charge in [-0.25, -0.2) is 17.2 Å². The van der Waals surface area contributed by atoms with Crippen molar-refractivity contribution in [3.63, 3.8) is 0 Å². The highest BCUT2D eigenvalue weighted by Crippen LogP contribution is 2.44. The number of rotatable bonds is 6. The number of aromatic nitrogens is 1. The van der Waals surface area contributed by atoms with Crippen molar-refractivity contribution in [3.05, 3.63) is 18.5 Å². The number of anilines is 1. The van der Waals surface area contributed by atoms with Gasteiger partial charge in [0, 0.05) is 50.9 Å². The summed E-state index contributed by atoms with van der Waals surface area (Å²) in [6.07, 6.45) is 2.35. The fourth-order valence-corrected chi connectivity index (χ4v) is 5.41. The molecule has 1 aliphatic heterocycles. The summed E-state index contributed by atoms with van der Waals surface area (Å²) < 4.78 is 54.0. The summed E-state index contributed by atoms with van der Waals surface area (Å²) in [5, 5.41) is 12.7. The quantitative estimate of drug-likeness (QED) is 0.742. The number of piperazine rings is 1. The fourth-order valence-electron chi connectivity index (χ4n) is 3.71. The molecule has 7 nitrogen and oxygen atoms in total. The smallest absolute Gasteiger partial charge is 0.248 e. The number of aliphatic hydroxyl groups excluding tert-OH is 1. The second-order valence-corrected chi connectivity index (χ2v) is 9.40. The molecule has 2 atom stereocenters. The molecule has 0 amide bonds. The van der Waals surface area contributed by atoms with E-state index in [9.17, 15) is 22.3 Å². The molecule has 0 bridgehead atoms. The number of pyridine rings is 1. The minimum Gasteiger partial charge on any atom is -0.395 e. The van der Waals surface area contributed by atoms with Gasteiger partial charge in [0.15, 0.2) is 0 Å². The maximum atomic E-state index is 13.2. The molecule has 2 aliphatic rings. The lowest BCUT2D eigenvalue weighted by molar-refractivity contribution is -0.113. The lowest BCUT2D eigenvalue weighted by atomic mass is 9.77. The molecule has 10 heteroatoms. The minimum absolute atomic E-state index is 0.00550. The Morgan fingerprint density at radius 1 is 1.41 bits per heavy atom. The van der Waals surface area contributed by atoms with Crippen molar-refractivity contribution >= 4 is 15.7 Å². The van der Waals surface area contributed by atoms with Gasteiger partial charge < -0.3 is 15.3 Å². The molecule has 3 rings (SSSR count). The van der Waals surface area contributed by atoms with Crippen LogP contribution >= 0.6 is 0 Å². The summed E-state index contributed by atoms with van der Waals surface area (Å²) in [7, 11) is -2.01. The van der Waals surface area contributed by atoms with E-state index >= 15 is 0 Å². The van der Waals surface area contributed by atoms with Gasteiger partial charge in [-0.2, -0.15) is 4.31 Å². The van der Waals surface area contributed by atoms with E-state index in [4.69, 9.17) is 0 Å². The summed E-state index contributed by atoms with van der Waals surface area (Å²) in [4.78, 5) is 5.91. The number of aliphatic hydroxyl groups is 1. The van der Waals surface area contributed by atoms with E-state index in [2.05, 4.69) is 10.3 Å². The molecule has 1 saturated heterocycles. The second-order valence-electron chi connectivity index (χ2n) is 7.54. The third-order valence-corrected chi connectivity index (χ3v) is 7.40. The van der Waals surface area contributed by atoms with Gasteiger partial charge in [0.1, 0.15) is 4.90 Å². The van der Waals surface area contributed by atoms with Gasteiger partial charge in [-0.3, -0.25) is 4.98 Å². The van der Waals surface area contributed by atoms with Gasteiger partial charge in [0.05, 0.1) is 18.3 Å². The number of nitrogens with one attached hydrogen (secondary N) is 1. The maximum Gasteiger partial charge on any atom is 0.248 e. The average molecular weight is 404 g/mol. The van der Waals surface area contributed by atoms with E-state index in [0.717, 1.165) is 0 Å². The van der Waals surface area contributed by atoms with Crippen LogP contribution in [0.25, 0.3) is 0 Å². The van der Waals surface area contributed by atoms with Gasteiger partial charge in [0.25, 0.3) is 0 Å². The predicted molar refractivity (Wildman–Crippen MR) is 97.3 cm³/mol. The van der Waals surface area contributed by atoms with Gasteiger partial charge in [0.2, 0.25) is 15.9 Å². The molecule has 0 radical (unpaired) electrons. The molecule has 0 spiro atoms. The number of likely N-dealkylation sites (N-methyl/N-ethyl adjacent to an activating group) is 1. The molecule has 1 aromatic heterocycles. The van der Waals surface area contributed by atoms with E-state index < -0.39 is 22.0 Å². The van der Waals surface area contributed by atoms with Gasteiger partial charge in [-0.05, 0) is 26.0 Å². The third-order valence-electron chi connectivity index (χ3n) is 5.43. The molecular weight excluding hydrogens is 378 g/mol. The first-order chi connectivity index (χ1) is 12.6. The first-order valence-electron chi connectivity index (χ1n) is 9.03. The van der Waals surface area contributed by atoms with Gasteiger partial charge in [-0.1, -0.05) is 0 Å². The number of hydrogen-bond donors (Lipinski definition) is 2. The summed E-state index contributed by atoms with van der Waals surface area (Å²) >= 11 is 0. The Bertz CT molecular complexity index is 769. The highest BCUT2D eigenvalue weighted by molar-refractivity contribution is 7.89. The molecule has 1 saturated carbocycles. The molecule has 1 aromatic rings. The molecule has 1 aliphatic carbocycles. The fraction of sp³-hybridized carbons (Fsp3) is 0.706. The zero-order valence-electron chi connectivity index (χ0n) is 15.5. The lowest BCUT2D eigenvalue weighted by Gasteiger charge is -2.40. The van der Waals surface area contributed by atoms with Crippen LogP contribution in [0.5, 0.6) is 0 Å². The van der Waals surface area contributed by atoms with Crippen molar-refractivity contribution < 1.29 is 22.3 Å². The number of halogens is 2. The molecule has 0 aromatic carbocycles. The van der Waals surface area contributed by atoms with Crippen molar-refractivity contribution in [1.29, 1.82) is 0 Å². The van der Waals surface area contributed by atoms with E-state index in [1.165, 1.54) is 16.7 Å². The van der Waals surface area contributed by atoms with Crippen LogP contribution < -0.4 is 5.32 Å². The second kappa shape index (κ2) is 7.57. The third kappa shape index (κ3) is 4.23. The van der Waals surface area contributed by atoms with Crippen molar-refractivity contribution in [2.75, 3.05) is 38.6 Å². The first-order valence-corrected chi connectivity index (χ1v) is 10.5. The summed E-state index contributed by atoms with van der Waals surface area (Å²) in [6.45, 7) is 2.77. The highest BCUT2D eigenvalue weighted by Gasteiger charge is 2.47. The van der Waals surface area contributed by atoms with E-state index in [-0.39, 0.29) is 42.8 Å². The van der Waals surface area contributed by atoms with Crippen LogP contribution in [0.2, 0.25) is 0 Å². The SMILES string of the molecule is CC(Nc1ccncc1S(=O)(=O)N1CCN(C)CC1CO)C1CC(F)(F)C1. The molecular formula is C17H26F2N4O3S. The standard InChI is InChI=1S/C17H26F2N4O3S/c1-12(13-7-17(18,19)8-13)21-15-3-4-20-9-16(15)27(25,26)23-6-5-22(2)10-14(23)11-24/h3-4,9,12-14,24H,5-8,10-11H2,1-2H3,(H,20,21). The number of hydrogen-bond acceptors (Lipinski definition) is 6. The Morgan fingerprint density at radius 3 is 2.74 bits per heavy atom. The van der Waals surface area contributed by atoms with E-state index in [1.54, 1.807) is 13.0 Å². The Labute approximate surface area is 158 Å². The number of nitrogens with zero attached hydrogens (tertiary/aromatic N) is 3. The summed E-state index contributed by atoms with van der Waals surface area (Å²) in [5.74, 6) is -2.83. The van der Waals surface area contributed by atoms with Crippen LogP contribution in [0.4, 0.5) is 14.5 Å². The van der Waals surface area contributed by atoms with E-state index in [1.807, 2.05) is 11.9 Å². The molecule has 2 heterocycles. The number of sulfonamides is 1. The van der Waals surface area contributed by atoms with E-state index in [0.29, 0.717) is 18.8 Å². The maximum absolute atomic E-state index is 13.2. The Morgan fingerprint density at radius 2 is 2.11 bits per heavy atom. The molecule has 27 heavy (non-hydrogen) atoms. The van der Waals surface area contributed by atoms with Gasteiger partial charge in [-0.15, -0.1) is 0 Å². The van der Waals surface area contributed by atoms with Crippen molar-refractivity contribution in [2.24, 2.45) is 5.92 Å². The monoisotopic (exact) mass is 404 g/mol. The van der Waals surface area contributed by atoms with Crippen molar-refractivity contribution in [1.82, 2.24) is 14.2 Å². The van der Waals surface area contributed by atoms with Crippen LogP contribution in [0.3, 0.4) is 0 Å². The number of alkyl halides is 2. The zero-order chi connectivity index (χ0) is 19.8. The van der Waals surface area contributed by atoms with Crippen LogP contribution in [0.15, 0.2) is 23.4 Å². The van der Waals surface area contributed by atoms with Crippen molar-refractivity contribution in [2.45, 2.75) is 42.7 Å². The zero-order valence-corrected chi connectivity index (χ0v) is 16.3. The van der Waals surface area contributed by atoms with Crippen LogP contribution in [-0.4, -0.2) is 79.0 Å². The molecule has 152 valence electrons. The van der Waals surface area contributed by atoms with Crippen LogP contribution in [-0.2, 0) is 10.0 Å². The normalized spacial score (nSPS) is 25.7. The summed E-state index contributed by atoms with van der Waals surface area (Å²) in [6, 6.07) is 0.719. The largest absolute Gasteiger partial charge is 0.395 e. The summed E-state index contributed by atoms with van der Waals surface area (Å²) in [5.41, 5.74) is 0.350. The Balaban J connectivity index is 1.82. The van der Waals surface area contributed by atoms with Crippen LogP contribution in [0, 0.1) is 5.92 Å².